The second kappa shape index (κ2) is 9.88. The molecule has 0 saturated heterocycles. The van der Waals surface area contributed by atoms with Crippen LogP contribution in [-0.4, -0.2) is 18.4 Å². The average Bonchev–Trinajstić information content (AvgIpc) is 2.60. The lowest BCUT2D eigenvalue weighted by Crippen LogP contribution is -2.47. The third-order valence-corrected chi connectivity index (χ3v) is 6.08. The molecule has 0 radical (unpaired) electrons. The second-order valence-electron chi connectivity index (χ2n) is 8.37. The van der Waals surface area contributed by atoms with Crippen LogP contribution in [0.1, 0.15) is 74.1 Å². The molecule has 4 nitrogen and oxygen atoms in total. The number of ketones is 1. The number of rotatable bonds is 8. The second-order valence-corrected chi connectivity index (χ2v) is 8.37. The third kappa shape index (κ3) is 5.31. The van der Waals surface area contributed by atoms with Gasteiger partial charge in [-0.3, -0.25) is 9.59 Å². The van der Waals surface area contributed by atoms with Gasteiger partial charge in [0.05, 0.1) is 12.7 Å². The maximum Gasteiger partial charge on any atom is 0.323 e. The number of hydrogen-bond donors (Lipinski definition) is 0. The Kier molecular flexibility index (Phi) is 8.47. The highest BCUT2D eigenvalue weighted by Gasteiger charge is 2.51. The molecule has 4 atom stereocenters. The fraction of sp³-hybridized carbons (Fsp3) is 0.696. The summed E-state index contributed by atoms with van der Waals surface area (Å²) in [7, 11) is 0. The largest absolute Gasteiger partial charge is 0.465 e. The average molecular weight is 374 g/mol. The molecule has 0 heterocycles. The van der Waals surface area contributed by atoms with Crippen LogP contribution in [0.15, 0.2) is 22.8 Å². The zero-order valence-electron chi connectivity index (χ0n) is 18.0. The van der Waals surface area contributed by atoms with Crippen LogP contribution in [0.4, 0.5) is 0 Å². The van der Waals surface area contributed by atoms with Crippen molar-refractivity contribution in [2.75, 3.05) is 6.61 Å². The SMILES string of the molecule is CCOC(=O)C(C#N)[C@@H](C(C)CCC=C(C)C)[C@@]1(C)CCC(C)=C(C)C1=O. The Balaban J connectivity index is 3.32. The lowest BCUT2D eigenvalue weighted by atomic mass is 9.57. The molecule has 4 heteroatoms. The smallest absolute Gasteiger partial charge is 0.323 e. The maximum atomic E-state index is 13.3. The normalized spacial score (nSPS) is 23.3. The number of nitrogens with zero attached hydrogens (tertiary/aromatic N) is 1. The minimum absolute atomic E-state index is 0.0508. The highest BCUT2D eigenvalue weighted by molar-refractivity contribution is 6.01. The van der Waals surface area contributed by atoms with Crippen LogP contribution < -0.4 is 0 Å². The Morgan fingerprint density at radius 3 is 2.52 bits per heavy atom. The number of ether oxygens (including phenoxy) is 1. The van der Waals surface area contributed by atoms with E-state index in [1.807, 2.05) is 20.8 Å². The summed E-state index contributed by atoms with van der Waals surface area (Å²) in [6.45, 7) is 14.0. The van der Waals surface area contributed by atoms with Crippen molar-refractivity contribution in [1.82, 2.24) is 0 Å². The molecule has 2 unspecified atom stereocenters. The molecule has 0 aliphatic heterocycles. The van der Waals surface area contributed by atoms with Gasteiger partial charge in [-0.25, -0.2) is 0 Å². The topological polar surface area (TPSA) is 67.2 Å². The van der Waals surface area contributed by atoms with Crippen molar-refractivity contribution in [3.05, 3.63) is 22.8 Å². The number of Topliss-reactive ketones (excluding diaryl/α,β-unsaturated/α-hetero) is 1. The van der Waals surface area contributed by atoms with Crippen LogP contribution >= 0.6 is 0 Å². The fourth-order valence-corrected chi connectivity index (χ4v) is 4.34. The van der Waals surface area contributed by atoms with E-state index in [-0.39, 0.29) is 24.2 Å². The molecule has 27 heavy (non-hydrogen) atoms. The summed E-state index contributed by atoms with van der Waals surface area (Å²) in [5, 5.41) is 9.82. The highest BCUT2D eigenvalue weighted by Crippen LogP contribution is 2.49. The van der Waals surface area contributed by atoms with Gasteiger partial charge in [0.2, 0.25) is 0 Å². The summed E-state index contributed by atoms with van der Waals surface area (Å²) >= 11 is 0. The van der Waals surface area contributed by atoms with Crippen molar-refractivity contribution in [3.63, 3.8) is 0 Å². The van der Waals surface area contributed by atoms with Gasteiger partial charge in [0, 0.05) is 11.3 Å². The zero-order chi connectivity index (χ0) is 20.8. The van der Waals surface area contributed by atoms with Crippen molar-refractivity contribution in [1.29, 1.82) is 5.26 Å². The van der Waals surface area contributed by atoms with Gasteiger partial charge in [0.1, 0.15) is 5.92 Å². The Hall–Kier alpha value is -1.89. The predicted octanol–water partition coefficient (Wildman–Crippen LogP) is 5.39. The lowest BCUT2D eigenvalue weighted by Gasteiger charge is -2.44. The van der Waals surface area contributed by atoms with Gasteiger partial charge in [-0.1, -0.05) is 31.1 Å². The van der Waals surface area contributed by atoms with Crippen LogP contribution in [0, 0.1) is 34.5 Å². The molecule has 0 bridgehead atoms. The first kappa shape index (κ1) is 23.1. The van der Waals surface area contributed by atoms with Gasteiger partial charge in [-0.2, -0.15) is 5.26 Å². The molecule has 1 aliphatic carbocycles. The van der Waals surface area contributed by atoms with E-state index in [9.17, 15) is 14.9 Å². The van der Waals surface area contributed by atoms with Crippen LogP contribution in [0.25, 0.3) is 0 Å². The van der Waals surface area contributed by atoms with E-state index in [4.69, 9.17) is 4.74 Å². The molecule has 0 saturated carbocycles. The molecule has 1 rings (SSSR count). The first-order chi connectivity index (χ1) is 12.6. The summed E-state index contributed by atoms with van der Waals surface area (Å²) in [4.78, 5) is 25.8. The Bertz CT molecular complexity index is 664. The number of esters is 1. The molecule has 0 spiro atoms. The standard InChI is InChI=1S/C23H35NO3/c1-8-27-22(26)19(14-24)20(17(5)11-9-10-15(2)3)23(7)13-12-16(4)18(6)21(23)25/h10,17,19-20H,8-9,11-13H2,1-7H3/t17?,19?,20-,23-/m1/s1. The van der Waals surface area contributed by atoms with Crippen molar-refractivity contribution < 1.29 is 14.3 Å². The number of hydrogen-bond acceptors (Lipinski definition) is 4. The summed E-state index contributed by atoms with van der Waals surface area (Å²) in [5.41, 5.74) is 2.42. The molecule has 1 aliphatic rings. The van der Waals surface area contributed by atoms with Gasteiger partial charge < -0.3 is 4.74 Å². The minimum Gasteiger partial charge on any atom is -0.465 e. The maximum absolute atomic E-state index is 13.3. The van der Waals surface area contributed by atoms with E-state index in [0.29, 0.717) is 6.42 Å². The Labute approximate surface area is 164 Å². The van der Waals surface area contributed by atoms with Crippen LogP contribution in [0.5, 0.6) is 0 Å². The molecule has 150 valence electrons. The summed E-state index contributed by atoms with van der Waals surface area (Å²) in [6.07, 6.45) is 5.37. The van der Waals surface area contributed by atoms with E-state index in [2.05, 4.69) is 32.9 Å². The summed E-state index contributed by atoms with van der Waals surface area (Å²) in [5.74, 6) is -1.66. The van der Waals surface area contributed by atoms with Gasteiger partial charge in [-0.15, -0.1) is 0 Å². The lowest BCUT2D eigenvalue weighted by molar-refractivity contribution is -0.152. The van der Waals surface area contributed by atoms with E-state index in [1.54, 1.807) is 6.92 Å². The van der Waals surface area contributed by atoms with Crippen molar-refractivity contribution in [2.45, 2.75) is 74.1 Å². The molecule has 0 N–H and O–H groups in total. The van der Waals surface area contributed by atoms with Crippen molar-refractivity contribution in [2.24, 2.45) is 23.2 Å². The summed E-state index contributed by atoms with van der Waals surface area (Å²) < 4.78 is 5.19. The molecular formula is C23H35NO3. The third-order valence-electron chi connectivity index (χ3n) is 6.08. The van der Waals surface area contributed by atoms with E-state index < -0.39 is 17.3 Å². The molecule has 0 amide bonds. The first-order valence-electron chi connectivity index (χ1n) is 10.0. The quantitative estimate of drug-likeness (QED) is 0.422. The van der Waals surface area contributed by atoms with E-state index in [1.165, 1.54) is 5.57 Å². The van der Waals surface area contributed by atoms with E-state index in [0.717, 1.165) is 30.4 Å². The molecule has 0 fully saturated rings. The molecule has 0 aromatic heterocycles. The van der Waals surface area contributed by atoms with Crippen molar-refractivity contribution in [3.8, 4) is 6.07 Å². The number of carbonyl (C=O) groups excluding carboxylic acids is 2. The van der Waals surface area contributed by atoms with Crippen molar-refractivity contribution >= 4 is 11.8 Å². The number of carbonyl (C=O) groups is 2. The van der Waals surface area contributed by atoms with Gasteiger partial charge in [-0.05, 0) is 71.8 Å². The van der Waals surface area contributed by atoms with Crippen LogP contribution in [0.2, 0.25) is 0 Å². The highest BCUT2D eigenvalue weighted by atomic mass is 16.5. The van der Waals surface area contributed by atoms with Gasteiger partial charge in [0.25, 0.3) is 0 Å². The fourth-order valence-electron chi connectivity index (χ4n) is 4.34. The number of nitriles is 1. The first-order valence-corrected chi connectivity index (χ1v) is 10.0. The Morgan fingerprint density at radius 2 is 2.00 bits per heavy atom. The van der Waals surface area contributed by atoms with Crippen LogP contribution in [0.3, 0.4) is 0 Å². The van der Waals surface area contributed by atoms with Gasteiger partial charge in [0.15, 0.2) is 5.78 Å². The van der Waals surface area contributed by atoms with E-state index >= 15 is 0 Å². The predicted molar refractivity (Wildman–Crippen MR) is 108 cm³/mol. The molecule has 0 aromatic rings. The van der Waals surface area contributed by atoms with Crippen LogP contribution in [-0.2, 0) is 14.3 Å². The number of allylic oxidation sites excluding steroid dienone is 4. The zero-order valence-corrected chi connectivity index (χ0v) is 18.0. The molecular weight excluding hydrogens is 338 g/mol. The summed E-state index contributed by atoms with van der Waals surface area (Å²) in [6, 6.07) is 2.18. The minimum atomic E-state index is -0.924. The Morgan fingerprint density at radius 1 is 1.37 bits per heavy atom. The monoisotopic (exact) mass is 373 g/mol. The van der Waals surface area contributed by atoms with Gasteiger partial charge >= 0.3 is 5.97 Å². The molecule has 0 aromatic carbocycles.